The second kappa shape index (κ2) is 8.13. The van der Waals surface area contributed by atoms with Gasteiger partial charge >= 0.3 is 0 Å². The second-order valence-corrected chi connectivity index (χ2v) is 6.56. The number of benzene rings is 1. The minimum absolute atomic E-state index is 0.0409. The fourth-order valence-electron chi connectivity index (χ4n) is 2.83. The lowest BCUT2D eigenvalue weighted by atomic mass is 9.87. The largest absolute Gasteiger partial charge is 0.497 e. The Morgan fingerprint density at radius 2 is 1.95 bits per heavy atom. The lowest BCUT2D eigenvalue weighted by Crippen LogP contribution is -2.60. The van der Waals surface area contributed by atoms with Crippen LogP contribution in [0.15, 0.2) is 22.7 Å². The van der Waals surface area contributed by atoms with Gasteiger partial charge in [-0.05, 0) is 57.1 Å². The summed E-state index contributed by atoms with van der Waals surface area (Å²) in [7, 11) is 1.69. The third-order valence-electron chi connectivity index (χ3n) is 4.31. The van der Waals surface area contributed by atoms with Crippen LogP contribution < -0.4 is 16.0 Å². The van der Waals surface area contributed by atoms with Crippen LogP contribution in [-0.2, 0) is 6.42 Å². The van der Waals surface area contributed by atoms with Crippen LogP contribution in [0.25, 0.3) is 0 Å². The summed E-state index contributed by atoms with van der Waals surface area (Å²) in [5, 5.41) is 0. The van der Waals surface area contributed by atoms with E-state index < -0.39 is 0 Å². The van der Waals surface area contributed by atoms with E-state index in [9.17, 15) is 0 Å². The number of methoxy groups -OCH3 is 1. The molecule has 0 bridgehead atoms. The predicted octanol–water partition coefficient (Wildman–Crippen LogP) is 2.95. The Bertz CT molecular complexity index is 447. The number of likely N-dealkylation sites (N-methyl/N-ethyl adjacent to an activating group) is 1. The number of nitrogens with two attached hydrogens (primary N) is 1. The maximum absolute atomic E-state index is 5.85. The summed E-state index contributed by atoms with van der Waals surface area (Å²) < 4.78 is 6.40. The monoisotopic (exact) mass is 357 g/mol. The van der Waals surface area contributed by atoms with E-state index in [4.69, 9.17) is 10.6 Å². The highest BCUT2D eigenvalue weighted by atomic mass is 79.9. The summed E-state index contributed by atoms with van der Waals surface area (Å²) in [6, 6.07) is 6.17. The van der Waals surface area contributed by atoms with Gasteiger partial charge in [0.2, 0.25) is 0 Å². The Morgan fingerprint density at radius 3 is 2.43 bits per heavy atom. The van der Waals surface area contributed by atoms with Gasteiger partial charge in [0.1, 0.15) is 5.75 Å². The maximum Gasteiger partial charge on any atom is 0.119 e. The minimum Gasteiger partial charge on any atom is -0.497 e. The Morgan fingerprint density at radius 1 is 1.33 bits per heavy atom. The zero-order valence-corrected chi connectivity index (χ0v) is 15.3. The molecule has 0 radical (unpaired) electrons. The van der Waals surface area contributed by atoms with Gasteiger partial charge in [0.25, 0.3) is 0 Å². The molecule has 0 aromatic heterocycles. The summed E-state index contributed by atoms with van der Waals surface area (Å²) in [6.45, 7) is 10.8. The van der Waals surface area contributed by atoms with Gasteiger partial charge < -0.3 is 4.74 Å². The minimum atomic E-state index is -0.0409. The Kier molecular flexibility index (Phi) is 7.13. The summed E-state index contributed by atoms with van der Waals surface area (Å²) >= 11 is 3.62. The molecule has 1 unspecified atom stereocenters. The molecule has 3 N–H and O–H groups in total. The van der Waals surface area contributed by atoms with Gasteiger partial charge in [-0.1, -0.05) is 29.8 Å². The number of hydrogen-bond acceptors (Lipinski definition) is 4. The average Bonchev–Trinajstić information content (AvgIpc) is 2.47. The van der Waals surface area contributed by atoms with Crippen molar-refractivity contribution in [2.45, 2.75) is 45.7 Å². The van der Waals surface area contributed by atoms with E-state index in [0.29, 0.717) is 0 Å². The molecular formula is C16H28BrN3O. The Hall–Kier alpha value is -0.620. The molecular weight excluding hydrogens is 330 g/mol. The van der Waals surface area contributed by atoms with E-state index in [-0.39, 0.29) is 11.6 Å². The van der Waals surface area contributed by atoms with Gasteiger partial charge in [-0.2, -0.15) is 0 Å². The number of nitrogens with zero attached hydrogens (tertiary/aromatic N) is 1. The molecule has 0 aliphatic heterocycles. The van der Waals surface area contributed by atoms with Crippen molar-refractivity contribution in [3.8, 4) is 5.75 Å². The van der Waals surface area contributed by atoms with E-state index in [0.717, 1.165) is 29.7 Å². The van der Waals surface area contributed by atoms with Crippen molar-refractivity contribution >= 4 is 15.9 Å². The molecule has 21 heavy (non-hydrogen) atoms. The zero-order chi connectivity index (χ0) is 16.0. The number of ether oxygens (including phenoxy) is 1. The molecule has 0 saturated heterocycles. The van der Waals surface area contributed by atoms with Crippen LogP contribution in [0.4, 0.5) is 0 Å². The van der Waals surface area contributed by atoms with E-state index in [1.165, 1.54) is 5.56 Å². The lowest BCUT2D eigenvalue weighted by molar-refractivity contribution is 0.0911. The molecule has 1 rings (SSSR count). The fourth-order valence-corrected chi connectivity index (χ4v) is 3.23. The van der Waals surface area contributed by atoms with Crippen LogP contribution in [-0.4, -0.2) is 36.7 Å². The van der Waals surface area contributed by atoms with E-state index in [1.54, 1.807) is 7.11 Å². The topological polar surface area (TPSA) is 50.5 Å². The van der Waals surface area contributed by atoms with Gasteiger partial charge in [0, 0.05) is 16.1 Å². The van der Waals surface area contributed by atoms with Crippen LogP contribution in [0, 0.1) is 0 Å². The molecule has 1 aromatic carbocycles. The molecule has 4 nitrogen and oxygen atoms in total. The smallest absolute Gasteiger partial charge is 0.119 e. The van der Waals surface area contributed by atoms with Crippen molar-refractivity contribution in [1.82, 2.24) is 10.3 Å². The first-order valence-electron chi connectivity index (χ1n) is 7.44. The molecule has 1 atom stereocenters. The van der Waals surface area contributed by atoms with Gasteiger partial charge in [0.15, 0.2) is 0 Å². The third kappa shape index (κ3) is 4.42. The first kappa shape index (κ1) is 18.4. The molecule has 5 heteroatoms. The summed E-state index contributed by atoms with van der Waals surface area (Å²) in [6.07, 6.45) is 0.831. The maximum atomic E-state index is 5.85. The molecule has 0 saturated carbocycles. The van der Waals surface area contributed by atoms with Gasteiger partial charge in [-0.3, -0.25) is 16.2 Å². The zero-order valence-electron chi connectivity index (χ0n) is 13.7. The number of halogens is 1. The number of nitrogens with one attached hydrogen (secondary N) is 1. The van der Waals surface area contributed by atoms with Gasteiger partial charge in [-0.15, -0.1) is 0 Å². The highest BCUT2D eigenvalue weighted by molar-refractivity contribution is 9.10. The van der Waals surface area contributed by atoms with E-state index in [2.05, 4.69) is 60.0 Å². The van der Waals surface area contributed by atoms with Crippen molar-refractivity contribution in [2.75, 3.05) is 20.2 Å². The molecule has 0 aliphatic rings. The fraction of sp³-hybridized carbons (Fsp3) is 0.625. The quantitative estimate of drug-likeness (QED) is 0.554. The number of hydrogen-bond donors (Lipinski definition) is 2. The molecule has 0 amide bonds. The first-order chi connectivity index (χ1) is 9.90. The molecule has 0 aliphatic carbocycles. The second-order valence-electron chi connectivity index (χ2n) is 5.71. The third-order valence-corrected chi connectivity index (χ3v) is 5.08. The van der Waals surface area contributed by atoms with Gasteiger partial charge in [-0.25, -0.2) is 0 Å². The molecule has 0 heterocycles. The summed E-state index contributed by atoms with van der Waals surface area (Å²) in [5.74, 6) is 6.72. The first-order valence-corrected chi connectivity index (χ1v) is 8.23. The number of hydrazine groups is 1. The van der Waals surface area contributed by atoms with Crippen LogP contribution in [0.1, 0.15) is 33.3 Å². The van der Waals surface area contributed by atoms with Crippen LogP contribution in [0.3, 0.4) is 0 Å². The molecule has 120 valence electrons. The van der Waals surface area contributed by atoms with Crippen LogP contribution in [0.2, 0.25) is 0 Å². The highest BCUT2D eigenvalue weighted by Gasteiger charge is 2.33. The molecule has 0 spiro atoms. The van der Waals surface area contributed by atoms with Crippen molar-refractivity contribution in [3.05, 3.63) is 28.2 Å². The SMILES string of the molecule is CCN(CC)C(C)(C)C(Cc1cc(OC)ccc1Br)NN. The normalized spacial score (nSPS) is 13.5. The Balaban J connectivity index is 3.01. The Labute approximate surface area is 137 Å². The van der Waals surface area contributed by atoms with Crippen LogP contribution >= 0.6 is 15.9 Å². The van der Waals surface area contributed by atoms with Gasteiger partial charge in [0.05, 0.1) is 7.11 Å². The van der Waals surface area contributed by atoms with E-state index >= 15 is 0 Å². The van der Waals surface area contributed by atoms with Crippen molar-refractivity contribution in [3.63, 3.8) is 0 Å². The van der Waals surface area contributed by atoms with Crippen molar-refractivity contribution in [2.24, 2.45) is 5.84 Å². The van der Waals surface area contributed by atoms with Crippen molar-refractivity contribution in [1.29, 1.82) is 0 Å². The standard InChI is InChI=1S/C16H28BrN3O/c1-6-20(7-2)16(3,4)15(19-18)11-12-10-13(21-5)8-9-14(12)17/h8-10,15,19H,6-7,11,18H2,1-5H3. The summed E-state index contributed by atoms with van der Waals surface area (Å²) in [5.41, 5.74) is 4.15. The van der Waals surface area contributed by atoms with Crippen molar-refractivity contribution < 1.29 is 4.74 Å². The molecule has 0 fully saturated rings. The highest BCUT2D eigenvalue weighted by Crippen LogP contribution is 2.27. The van der Waals surface area contributed by atoms with E-state index in [1.807, 2.05) is 12.1 Å². The van der Waals surface area contributed by atoms with Crippen LogP contribution in [0.5, 0.6) is 5.75 Å². The molecule has 1 aromatic rings. The lowest BCUT2D eigenvalue weighted by Gasteiger charge is -2.43. The average molecular weight is 358 g/mol. The predicted molar refractivity (Wildman–Crippen MR) is 92.5 cm³/mol. The summed E-state index contributed by atoms with van der Waals surface area (Å²) in [4.78, 5) is 2.42. The number of rotatable bonds is 8.